The van der Waals surface area contributed by atoms with Crippen LogP contribution < -0.4 is 0 Å². The monoisotopic (exact) mass is 924 g/mol. The Morgan fingerprint density at radius 1 is 0.803 bits per heavy atom. The van der Waals surface area contributed by atoms with Gasteiger partial charge in [0.15, 0.2) is 6.21 Å². The van der Waals surface area contributed by atoms with E-state index >= 15 is 0 Å². The summed E-state index contributed by atoms with van der Waals surface area (Å²) in [4.78, 5) is 30.6. The van der Waals surface area contributed by atoms with Gasteiger partial charge in [0, 0.05) is 39.1 Å². The van der Waals surface area contributed by atoms with E-state index in [9.17, 15) is 28.0 Å². The summed E-state index contributed by atoms with van der Waals surface area (Å²) in [6.07, 6.45) is -2.29. The van der Waals surface area contributed by atoms with Crippen molar-refractivity contribution in [2.45, 2.75) is 97.8 Å². The largest absolute Gasteiger partial charge is 0.624 e. The van der Waals surface area contributed by atoms with Gasteiger partial charge in [0.1, 0.15) is 23.9 Å². The first-order valence-electron chi connectivity index (χ1n) is 18.9. The number of carbonyl (C=O) groups is 2. The number of alkyl halides is 3. The number of hydrogen-bond acceptors (Lipinski definition) is 7. The fourth-order valence-corrected chi connectivity index (χ4v) is 7.21. The Bertz CT molecular complexity index is 2240. The number of ether oxygens (including phenoxy) is 2. The van der Waals surface area contributed by atoms with E-state index in [2.05, 4.69) is 6.58 Å². The minimum absolute atomic E-state index is 0.0316. The standard InChI is InChI=1S/C23H27Cl2NO3.C14H19NO3.C9H5Cl2F3/c1-14-9-15(7-8-19(14)21(27)28-22(2,3)4)20-13-23(5,29-26(20)6)16-10-17(24)12-18(25)11-16;1-10-8-11(9-15(5)17)6-7-12(10)13(16)18-14(2,3)4;1-5(9(12,13)14)6-2-7(10)4-8(11)3-6/h7-12,20H,13H2,1-6H3;6-9H,1-5H3;2-4H,1H2/b;15-9+;. The molecule has 8 nitrogen and oxygen atoms in total. The Morgan fingerprint density at radius 2 is 1.25 bits per heavy atom. The molecule has 2 unspecified atom stereocenters. The molecule has 0 spiro atoms. The molecule has 1 saturated heterocycles. The minimum Gasteiger partial charge on any atom is -0.624 e. The fraction of sp³-hybridized carbons (Fsp3) is 0.370. The van der Waals surface area contributed by atoms with E-state index in [1.165, 1.54) is 31.5 Å². The molecule has 15 heteroatoms. The third kappa shape index (κ3) is 15.6. The highest BCUT2D eigenvalue weighted by Gasteiger charge is 2.43. The molecule has 61 heavy (non-hydrogen) atoms. The lowest BCUT2D eigenvalue weighted by atomic mass is 9.87. The zero-order valence-electron chi connectivity index (χ0n) is 36.0. The molecule has 2 atom stereocenters. The second-order valence-corrected chi connectivity index (χ2v) is 18.5. The van der Waals surface area contributed by atoms with Gasteiger partial charge in [-0.25, -0.2) is 14.3 Å². The van der Waals surface area contributed by atoms with Crippen LogP contribution in [0, 0.1) is 19.1 Å². The quantitative estimate of drug-likeness (QED) is 0.0625. The Balaban J connectivity index is 0.000000265. The number of nitrogens with zero attached hydrogens (tertiary/aromatic N) is 2. The number of benzene rings is 4. The number of esters is 2. The number of halogens is 7. The van der Waals surface area contributed by atoms with Crippen LogP contribution in [0.25, 0.3) is 5.57 Å². The van der Waals surface area contributed by atoms with Crippen LogP contribution in [0.5, 0.6) is 0 Å². The van der Waals surface area contributed by atoms with Crippen molar-refractivity contribution in [1.82, 2.24) is 5.06 Å². The molecule has 5 rings (SSSR count). The average molecular weight is 927 g/mol. The highest BCUT2D eigenvalue weighted by Crippen LogP contribution is 2.46. The predicted octanol–water partition coefficient (Wildman–Crippen LogP) is 13.6. The molecule has 4 aromatic rings. The molecule has 0 aliphatic carbocycles. The van der Waals surface area contributed by atoms with Crippen molar-refractivity contribution in [3.63, 3.8) is 0 Å². The zero-order valence-corrected chi connectivity index (χ0v) is 39.0. The van der Waals surface area contributed by atoms with E-state index in [0.29, 0.717) is 21.2 Å². The van der Waals surface area contributed by atoms with Crippen molar-refractivity contribution in [3.05, 3.63) is 149 Å². The number of hydroxylamine groups is 3. The van der Waals surface area contributed by atoms with Crippen molar-refractivity contribution in [2.24, 2.45) is 0 Å². The van der Waals surface area contributed by atoms with Gasteiger partial charge in [-0.1, -0.05) is 65.1 Å². The van der Waals surface area contributed by atoms with Gasteiger partial charge < -0.3 is 14.7 Å². The van der Waals surface area contributed by atoms with E-state index in [-0.39, 0.29) is 33.6 Å². The number of aryl methyl sites for hydroxylation is 2. The fourth-order valence-electron chi connectivity index (χ4n) is 6.16. The predicted molar refractivity (Wildman–Crippen MR) is 239 cm³/mol. The molecule has 0 radical (unpaired) electrons. The SMILES string of the molecule is C=C(c1cc(Cl)cc(Cl)c1)C(F)(F)F.Cc1cc(/C=[N+](\C)[O-])ccc1C(=O)OC(C)(C)C.Cc1cc(C2CC(C)(c3cc(Cl)cc(Cl)c3)ON2C)ccc1C(=O)OC(C)(C)C. The summed E-state index contributed by atoms with van der Waals surface area (Å²) < 4.78 is 48.2. The molecule has 0 bridgehead atoms. The number of allylic oxidation sites excluding steroid dienone is 1. The number of carbonyl (C=O) groups excluding carboxylic acids is 2. The molecular formula is C46H51Cl4F3N2O6. The maximum absolute atomic E-state index is 12.4. The van der Waals surface area contributed by atoms with Crippen LogP contribution in [0.3, 0.4) is 0 Å². The Hall–Kier alpha value is -4.10. The van der Waals surface area contributed by atoms with Crippen LogP contribution in [-0.2, 0) is 19.9 Å². The summed E-state index contributed by atoms with van der Waals surface area (Å²) in [5, 5.41) is 14.2. The van der Waals surface area contributed by atoms with E-state index in [4.69, 9.17) is 60.7 Å². The third-order valence-electron chi connectivity index (χ3n) is 8.85. The first-order chi connectivity index (χ1) is 27.9. The van der Waals surface area contributed by atoms with Crippen molar-refractivity contribution in [2.75, 3.05) is 14.1 Å². The lowest BCUT2D eigenvalue weighted by Gasteiger charge is -2.24. The van der Waals surface area contributed by atoms with Crippen LogP contribution in [0.2, 0.25) is 20.1 Å². The van der Waals surface area contributed by atoms with Gasteiger partial charge in [0.2, 0.25) is 0 Å². The van der Waals surface area contributed by atoms with E-state index in [1.807, 2.05) is 105 Å². The zero-order chi connectivity index (χ0) is 46.4. The van der Waals surface area contributed by atoms with Gasteiger partial charge in [-0.05, 0) is 151 Å². The molecule has 0 amide bonds. The lowest BCUT2D eigenvalue weighted by molar-refractivity contribution is -0.416. The Morgan fingerprint density at radius 3 is 1.66 bits per heavy atom. The van der Waals surface area contributed by atoms with Crippen LogP contribution in [0.15, 0.2) is 79.4 Å². The summed E-state index contributed by atoms with van der Waals surface area (Å²) in [6.45, 7) is 19.8. The molecular weight excluding hydrogens is 875 g/mol. The van der Waals surface area contributed by atoms with Crippen LogP contribution >= 0.6 is 46.4 Å². The van der Waals surface area contributed by atoms with Gasteiger partial charge in [-0.15, -0.1) is 0 Å². The van der Waals surface area contributed by atoms with Gasteiger partial charge in [-0.2, -0.15) is 18.2 Å². The van der Waals surface area contributed by atoms with Gasteiger partial charge in [-0.3, -0.25) is 4.84 Å². The summed E-state index contributed by atoms with van der Waals surface area (Å²) >= 11 is 23.5. The Kier molecular flexibility index (Phi) is 17.1. The van der Waals surface area contributed by atoms with Crippen molar-refractivity contribution >= 4 is 70.1 Å². The molecule has 330 valence electrons. The molecule has 1 aliphatic heterocycles. The molecule has 0 saturated carbocycles. The topological polar surface area (TPSA) is 91.1 Å². The summed E-state index contributed by atoms with van der Waals surface area (Å²) in [5.74, 6) is -0.655. The van der Waals surface area contributed by atoms with Gasteiger partial charge in [0.25, 0.3) is 0 Å². The number of rotatable bonds is 6. The highest BCUT2D eigenvalue weighted by atomic mass is 35.5. The molecule has 0 aromatic heterocycles. The van der Waals surface area contributed by atoms with Crippen molar-refractivity contribution in [3.8, 4) is 0 Å². The summed E-state index contributed by atoms with van der Waals surface area (Å²) in [7, 11) is 3.33. The second-order valence-electron chi connectivity index (χ2n) is 16.7. The first-order valence-corrected chi connectivity index (χ1v) is 20.4. The highest BCUT2D eigenvalue weighted by molar-refractivity contribution is 6.35. The van der Waals surface area contributed by atoms with Gasteiger partial charge in [0.05, 0.1) is 22.7 Å². The normalized spacial score (nSPS) is 17.1. The van der Waals surface area contributed by atoms with E-state index < -0.39 is 28.6 Å². The molecule has 1 fully saturated rings. The van der Waals surface area contributed by atoms with Crippen molar-refractivity contribution in [1.29, 1.82) is 0 Å². The maximum Gasteiger partial charge on any atom is 0.416 e. The molecule has 0 N–H and O–H groups in total. The number of hydrogen-bond donors (Lipinski definition) is 0. The molecule has 1 heterocycles. The smallest absolute Gasteiger partial charge is 0.416 e. The van der Waals surface area contributed by atoms with Gasteiger partial charge >= 0.3 is 18.1 Å². The van der Waals surface area contributed by atoms with Crippen LogP contribution in [0.1, 0.15) is 115 Å². The average Bonchev–Trinajstić information content (AvgIpc) is 3.40. The van der Waals surface area contributed by atoms with E-state index in [1.54, 1.807) is 24.3 Å². The van der Waals surface area contributed by atoms with Crippen LogP contribution in [-0.4, -0.2) is 59.4 Å². The van der Waals surface area contributed by atoms with E-state index in [0.717, 1.165) is 39.0 Å². The van der Waals surface area contributed by atoms with Crippen LogP contribution in [0.4, 0.5) is 13.2 Å². The lowest BCUT2D eigenvalue weighted by Crippen LogP contribution is -2.24. The third-order valence-corrected chi connectivity index (χ3v) is 9.72. The summed E-state index contributed by atoms with van der Waals surface area (Å²) in [6, 6.07) is 20.2. The van der Waals surface area contributed by atoms with Crippen molar-refractivity contribution < 1.29 is 41.8 Å². The Labute approximate surface area is 376 Å². The molecule has 1 aliphatic rings. The summed E-state index contributed by atoms with van der Waals surface area (Å²) in [5.41, 5.74) is 2.89. The maximum atomic E-state index is 12.4. The first kappa shape index (κ1) is 51.3. The molecule has 4 aromatic carbocycles. The second kappa shape index (κ2) is 20.4. The minimum atomic E-state index is -4.46.